The zero-order valence-electron chi connectivity index (χ0n) is 10.0. The first kappa shape index (κ1) is 13.8. The van der Waals surface area contributed by atoms with Gasteiger partial charge in [0.25, 0.3) is 0 Å². The molecule has 0 aliphatic rings. The van der Waals surface area contributed by atoms with Crippen molar-refractivity contribution in [1.82, 2.24) is 0 Å². The molecule has 0 spiro atoms. The van der Waals surface area contributed by atoms with Crippen molar-refractivity contribution in [3.05, 3.63) is 12.2 Å². The smallest absolute Gasteiger partial charge is 0.244 e. The van der Waals surface area contributed by atoms with Gasteiger partial charge in [0.15, 0.2) is 13.7 Å². The largest absolute Gasteiger partial charge is 0.452 e. The molecule has 2 nitrogen and oxygen atoms in total. The third-order valence-electron chi connectivity index (χ3n) is 1.76. The van der Waals surface area contributed by atoms with Gasteiger partial charge in [-0.1, -0.05) is 19.9 Å². The van der Waals surface area contributed by atoms with Crippen LogP contribution in [0.5, 0.6) is 0 Å². The minimum absolute atomic E-state index is 0.203. The maximum absolute atomic E-state index is 11.8. The number of rotatable bonds is 6. The molecule has 14 heavy (non-hydrogen) atoms. The zero-order valence-corrected chi connectivity index (χ0v) is 12.2. The lowest BCUT2D eigenvalue weighted by molar-refractivity contribution is -0.109. The number of hydrogen-bond acceptors (Lipinski definition) is 2. The summed E-state index contributed by atoms with van der Waals surface area (Å²) >= 11 is 0. The Hall–Kier alpha value is -0.196. The molecular formula is C10H22O2Si2. The predicted octanol–water partition coefficient (Wildman–Crippen LogP) is 2.66. The van der Waals surface area contributed by atoms with Gasteiger partial charge in [0.1, 0.15) is 0 Å². The van der Waals surface area contributed by atoms with Crippen LogP contribution in [0.4, 0.5) is 0 Å². The summed E-state index contributed by atoms with van der Waals surface area (Å²) in [5, 5.41) is 0.203. The predicted molar refractivity (Wildman–Crippen MR) is 66.5 cm³/mol. The molecule has 0 aliphatic carbocycles. The molecule has 1 atom stereocenters. The van der Waals surface area contributed by atoms with Gasteiger partial charge in [0.2, 0.25) is 9.04 Å². The van der Waals surface area contributed by atoms with Gasteiger partial charge in [-0.2, -0.15) is 0 Å². The summed E-state index contributed by atoms with van der Waals surface area (Å²) in [6.07, 6.45) is 1.03. The molecule has 0 heterocycles. The highest BCUT2D eigenvalue weighted by Gasteiger charge is 2.27. The Balaban J connectivity index is 4.44. The van der Waals surface area contributed by atoms with Crippen LogP contribution < -0.4 is 0 Å². The van der Waals surface area contributed by atoms with Crippen LogP contribution in [0.15, 0.2) is 12.2 Å². The van der Waals surface area contributed by atoms with E-state index in [0.717, 1.165) is 12.5 Å². The fraction of sp³-hybridized carbons (Fsp3) is 0.700. The fourth-order valence-electron chi connectivity index (χ4n) is 1.21. The van der Waals surface area contributed by atoms with Crippen LogP contribution in [0.1, 0.15) is 20.3 Å². The SMILES string of the molecule is C=C(C)C(=O)[SiH](CCC)O[Si](C)(C)C. The van der Waals surface area contributed by atoms with E-state index in [9.17, 15) is 4.79 Å². The summed E-state index contributed by atoms with van der Waals surface area (Å²) in [6, 6.07) is 0.940. The first-order valence-electron chi connectivity index (χ1n) is 5.15. The molecule has 0 aromatic heterocycles. The second kappa shape index (κ2) is 5.63. The van der Waals surface area contributed by atoms with Gasteiger partial charge >= 0.3 is 0 Å². The summed E-state index contributed by atoms with van der Waals surface area (Å²) in [5.74, 6) is 0. The molecule has 0 radical (unpaired) electrons. The summed E-state index contributed by atoms with van der Waals surface area (Å²) in [7, 11) is -3.25. The van der Waals surface area contributed by atoms with Crippen LogP contribution >= 0.6 is 0 Å². The fourth-order valence-corrected chi connectivity index (χ4v) is 6.86. The molecule has 0 saturated carbocycles. The second-order valence-corrected chi connectivity index (χ2v) is 11.9. The molecule has 82 valence electrons. The van der Waals surface area contributed by atoms with Crippen molar-refractivity contribution in [2.24, 2.45) is 0 Å². The summed E-state index contributed by atoms with van der Waals surface area (Å²) in [6.45, 7) is 14.0. The van der Waals surface area contributed by atoms with E-state index >= 15 is 0 Å². The molecule has 0 fully saturated rings. The van der Waals surface area contributed by atoms with Crippen molar-refractivity contribution in [1.29, 1.82) is 0 Å². The van der Waals surface area contributed by atoms with E-state index in [-0.39, 0.29) is 5.41 Å². The van der Waals surface area contributed by atoms with Gasteiger partial charge in [0.05, 0.1) is 0 Å². The van der Waals surface area contributed by atoms with Crippen LogP contribution in [0.2, 0.25) is 25.7 Å². The average molecular weight is 230 g/mol. The molecule has 0 aromatic carbocycles. The van der Waals surface area contributed by atoms with Crippen LogP contribution in [-0.2, 0) is 8.91 Å². The third-order valence-corrected chi connectivity index (χ3v) is 7.91. The molecule has 0 aliphatic heterocycles. The Kier molecular flexibility index (Phi) is 5.55. The number of carbonyl (C=O) groups is 1. The van der Waals surface area contributed by atoms with Crippen LogP contribution in [0.25, 0.3) is 0 Å². The van der Waals surface area contributed by atoms with Crippen LogP contribution in [0.3, 0.4) is 0 Å². The van der Waals surface area contributed by atoms with Crippen molar-refractivity contribution >= 4 is 22.8 Å². The molecule has 0 saturated heterocycles. The molecule has 0 bridgehead atoms. The average Bonchev–Trinajstić information content (AvgIpc) is 1.99. The van der Waals surface area contributed by atoms with E-state index in [2.05, 4.69) is 33.1 Å². The van der Waals surface area contributed by atoms with E-state index in [1.165, 1.54) is 0 Å². The summed E-state index contributed by atoms with van der Waals surface area (Å²) < 4.78 is 5.97. The van der Waals surface area contributed by atoms with Gasteiger partial charge in [-0.15, -0.1) is 0 Å². The normalized spacial score (nSPS) is 13.8. The van der Waals surface area contributed by atoms with Crippen LogP contribution in [-0.4, -0.2) is 22.8 Å². The summed E-state index contributed by atoms with van der Waals surface area (Å²) in [4.78, 5) is 11.8. The van der Waals surface area contributed by atoms with E-state index in [0.29, 0.717) is 5.57 Å². The maximum Gasteiger partial charge on any atom is 0.244 e. The Morgan fingerprint density at radius 1 is 1.43 bits per heavy atom. The van der Waals surface area contributed by atoms with Crippen molar-refractivity contribution in [2.45, 2.75) is 46.0 Å². The van der Waals surface area contributed by atoms with Crippen molar-refractivity contribution < 1.29 is 8.91 Å². The second-order valence-electron chi connectivity index (χ2n) is 4.65. The van der Waals surface area contributed by atoms with Crippen molar-refractivity contribution in [3.63, 3.8) is 0 Å². The van der Waals surface area contributed by atoms with Crippen molar-refractivity contribution in [2.75, 3.05) is 0 Å². The monoisotopic (exact) mass is 230 g/mol. The zero-order chi connectivity index (χ0) is 11.4. The Labute approximate surface area is 90.2 Å². The first-order chi connectivity index (χ1) is 6.28. The number of allylic oxidation sites excluding steroid dienone is 1. The van der Waals surface area contributed by atoms with E-state index < -0.39 is 17.4 Å². The first-order valence-corrected chi connectivity index (χ1v) is 10.4. The highest BCUT2D eigenvalue weighted by Crippen LogP contribution is 2.12. The van der Waals surface area contributed by atoms with E-state index in [4.69, 9.17) is 4.12 Å². The minimum Gasteiger partial charge on any atom is -0.452 e. The highest BCUT2D eigenvalue weighted by molar-refractivity contribution is 6.93. The number of hydrogen-bond donors (Lipinski definition) is 0. The van der Waals surface area contributed by atoms with E-state index in [1.807, 2.05) is 0 Å². The van der Waals surface area contributed by atoms with E-state index in [1.54, 1.807) is 6.92 Å². The highest BCUT2D eigenvalue weighted by atomic mass is 28.4. The molecule has 0 amide bonds. The molecule has 0 rings (SSSR count). The lowest BCUT2D eigenvalue weighted by Crippen LogP contribution is -2.40. The van der Waals surface area contributed by atoms with Crippen molar-refractivity contribution in [3.8, 4) is 0 Å². The number of carbonyl (C=O) groups excluding carboxylic acids is 1. The maximum atomic E-state index is 11.8. The van der Waals surface area contributed by atoms with Crippen LogP contribution in [0, 0.1) is 0 Å². The van der Waals surface area contributed by atoms with Gasteiger partial charge in [0, 0.05) is 0 Å². The third kappa shape index (κ3) is 5.52. The van der Waals surface area contributed by atoms with Gasteiger partial charge in [-0.25, -0.2) is 0 Å². The molecule has 1 unspecified atom stereocenters. The Morgan fingerprint density at radius 2 is 1.93 bits per heavy atom. The minimum atomic E-state index is -1.69. The molecule has 4 heteroatoms. The molecule has 0 N–H and O–H groups in total. The van der Waals surface area contributed by atoms with Gasteiger partial charge in [-0.05, 0) is 38.2 Å². The lowest BCUT2D eigenvalue weighted by Gasteiger charge is -2.24. The Morgan fingerprint density at radius 3 is 2.21 bits per heavy atom. The molecular weight excluding hydrogens is 208 g/mol. The topological polar surface area (TPSA) is 26.3 Å². The van der Waals surface area contributed by atoms with Gasteiger partial charge < -0.3 is 4.12 Å². The Bertz CT molecular complexity index is 219. The summed E-state index contributed by atoms with van der Waals surface area (Å²) in [5.41, 5.74) is 0.661. The lowest BCUT2D eigenvalue weighted by atomic mass is 10.4. The standard InChI is InChI=1S/C10H22O2Si2/c1-7-8-13(10(11)9(2)3)12-14(4,5)6/h13H,2,7-8H2,1,3-6H3. The van der Waals surface area contributed by atoms with Gasteiger partial charge in [-0.3, -0.25) is 4.79 Å². The quantitative estimate of drug-likeness (QED) is 0.518. The molecule has 0 aromatic rings.